The average Bonchev–Trinajstić information content (AvgIpc) is 2.15. The maximum absolute atomic E-state index is 4.08. The van der Waals surface area contributed by atoms with Gasteiger partial charge in [-0.2, -0.15) is 0 Å². The van der Waals surface area contributed by atoms with Crippen LogP contribution in [0.1, 0.15) is 5.82 Å². The predicted molar refractivity (Wildman–Crippen MR) is 49.0 cm³/mol. The van der Waals surface area contributed by atoms with Crippen molar-refractivity contribution >= 4 is 37.9 Å². The normalized spacial score (nSPS) is 9.50. The second-order valence-corrected chi connectivity index (χ2v) is 4.60. The van der Waals surface area contributed by atoms with Gasteiger partial charge in [0, 0.05) is 25.5 Å². The van der Waals surface area contributed by atoms with Gasteiger partial charge >= 0.3 is 0 Å². The predicted octanol–water partition coefficient (Wildman–Crippen LogP) is 2.51. The first-order valence-corrected chi connectivity index (χ1v) is 4.29. The van der Waals surface area contributed by atoms with Gasteiger partial charge in [0.15, 0.2) is 0 Å². The minimum absolute atomic E-state index is 0.898. The molecule has 0 aliphatic carbocycles. The van der Waals surface area contributed by atoms with Crippen molar-refractivity contribution in [1.29, 1.82) is 0 Å². The summed E-state index contributed by atoms with van der Waals surface area (Å²) in [6, 6.07) is 0. The Morgan fingerprint density at radius 3 is 2.80 bits per heavy atom. The zero-order valence-electron chi connectivity index (χ0n) is 5.38. The minimum Gasteiger partial charge on any atom is -0.335 e. The first kappa shape index (κ1) is 8.01. The molecule has 0 spiro atoms. The SMILES string of the molecule is Cn1ccnc1C=C(Br)Br. The van der Waals surface area contributed by atoms with Crippen LogP contribution in [-0.2, 0) is 7.05 Å². The summed E-state index contributed by atoms with van der Waals surface area (Å²) in [4.78, 5) is 4.08. The van der Waals surface area contributed by atoms with Crippen LogP contribution < -0.4 is 0 Å². The molecule has 0 aliphatic heterocycles. The van der Waals surface area contributed by atoms with E-state index in [1.165, 1.54) is 0 Å². The summed E-state index contributed by atoms with van der Waals surface area (Å²) in [5, 5.41) is 0. The van der Waals surface area contributed by atoms with Crippen LogP contribution in [0.4, 0.5) is 0 Å². The van der Waals surface area contributed by atoms with Crippen LogP contribution >= 0.6 is 31.9 Å². The minimum atomic E-state index is 0.898. The highest BCUT2D eigenvalue weighted by molar-refractivity contribution is 9.28. The number of nitrogens with zero attached hydrogens (tertiary/aromatic N) is 2. The molecule has 10 heavy (non-hydrogen) atoms. The summed E-state index contributed by atoms with van der Waals surface area (Å²) in [5.41, 5.74) is 0. The summed E-state index contributed by atoms with van der Waals surface area (Å²) in [6.45, 7) is 0. The zero-order chi connectivity index (χ0) is 7.56. The molecule has 2 nitrogen and oxygen atoms in total. The van der Waals surface area contributed by atoms with Crippen LogP contribution in [0, 0.1) is 0 Å². The van der Waals surface area contributed by atoms with E-state index >= 15 is 0 Å². The fourth-order valence-corrected chi connectivity index (χ4v) is 1.02. The topological polar surface area (TPSA) is 17.8 Å². The van der Waals surface area contributed by atoms with Gasteiger partial charge < -0.3 is 4.57 Å². The Morgan fingerprint density at radius 2 is 2.40 bits per heavy atom. The van der Waals surface area contributed by atoms with E-state index in [2.05, 4.69) is 36.8 Å². The molecule has 0 N–H and O–H groups in total. The molecule has 0 saturated carbocycles. The molecule has 0 bridgehead atoms. The van der Waals surface area contributed by atoms with Crippen molar-refractivity contribution in [2.24, 2.45) is 7.05 Å². The largest absolute Gasteiger partial charge is 0.335 e. The Morgan fingerprint density at radius 1 is 1.70 bits per heavy atom. The quantitative estimate of drug-likeness (QED) is 0.763. The number of aromatic nitrogens is 2. The van der Waals surface area contributed by atoms with Crippen LogP contribution in [0.3, 0.4) is 0 Å². The van der Waals surface area contributed by atoms with Gasteiger partial charge in [0.25, 0.3) is 0 Å². The third-order valence-corrected chi connectivity index (χ3v) is 1.55. The summed E-state index contributed by atoms with van der Waals surface area (Å²) in [6.07, 6.45) is 5.55. The molecule has 1 heterocycles. The maximum Gasteiger partial charge on any atom is 0.133 e. The van der Waals surface area contributed by atoms with Crippen molar-refractivity contribution in [3.05, 3.63) is 21.6 Å². The van der Waals surface area contributed by atoms with Crippen LogP contribution in [0.25, 0.3) is 6.08 Å². The number of hydrogen-bond donors (Lipinski definition) is 0. The second kappa shape index (κ2) is 3.34. The molecule has 0 aliphatic rings. The third kappa shape index (κ3) is 1.95. The van der Waals surface area contributed by atoms with Gasteiger partial charge in [0.1, 0.15) is 5.82 Å². The molecule has 54 valence electrons. The van der Waals surface area contributed by atoms with Gasteiger partial charge in [-0.3, -0.25) is 0 Å². The average molecular weight is 266 g/mol. The van der Waals surface area contributed by atoms with E-state index in [1.807, 2.05) is 23.9 Å². The van der Waals surface area contributed by atoms with E-state index in [9.17, 15) is 0 Å². The maximum atomic E-state index is 4.08. The monoisotopic (exact) mass is 264 g/mol. The Hall–Kier alpha value is -0.0900. The number of rotatable bonds is 1. The molecule has 0 unspecified atom stereocenters. The first-order valence-electron chi connectivity index (χ1n) is 2.70. The fraction of sp³-hybridized carbons (Fsp3) is 0.167. The Bertz CT molecular complexity index is 248. The lowest BCUT2D eigenvalue weighted by molar-refractivity contribution is 0.897. The van der Waals surface area contributed by atoms with Gasteiger partial charge in [-0.05, 0) is 31.9 Å². The summed E-state index contributed by atoms with van der Waals surface area (Å²) in [5.74, 6) is 0.920. The van der Waals surface area contributed by atoms with Gasteiger partial charge in [-0.1, -0.05) is 0 Å². The van der Waals surface area contributed by atoms with Gasteiger partial charge in [0.2, 0.25) is 0 Å². The number of aryl methyl sites for hydroxylation is 1. The zero-order valence-corrected chi connectivity index (χ0v) is 8.55. The Labute approximate surface area is 76.2 Å². The molecule has 0 radical (unpaired) electrons. The highest BCUT2D eigenvalue weighted by Crippen LogP contribution is 2.16. The second-order valence-electron chi connectivity index (χ2n) is 1.83. The first-order chi connectivity index (χ1) is 4.70. The lowest BCUT2D eigenvalue weighted by Crippen LogP contribution is -1.88. The molecule has 0 aromatic carbocycles. The number of imidazole rings is 1. The highest BCUT2D eigenvalue weighted by atomic mass is 79.9. The molecular weight excluding hydrogens is 260 g/mol. The molecule has 0 saturated heterocycles. The van der Waals surface area contributed by atoms with E-state index < -0.39 is 0 Å². The van der Waals surface area contributed by atoms with Gasteiger partial charge in [0.05, 0.1) is 3.39 Å². The number of hydrogen-bond acceptors (Lipinski definition) is 1. The van der Waals surface area contributed by atoms with Crippen LogP contribution in [0.2, 0.25) is 0 Å². The molecule has 4 heteroatoms. The van der Waals surface area contributed by atoms with Gasteiger partial charge in [-0.25, -0.2) is 4.98 Å². The van der Waals surface area contributed by atoms with E-state index in [-0.39, 0.29) is 0 Å². The van der Waals surface area contributed by atoms with E-state index in [0.29, 0.717) is 0 Å². The van der Waals surface area contributed by atoms with E-state index in [4.69, 9.17) is 0 Å². The molecule has 0 atom stereocenters. The Kier molecular flexibility index (Phi) is 2.68. The van der Waals surface area contributed by atoms with Crippen LogP contribution in [0.15, 0.2) is 15.8 Å². The van der Waals surface area contributed by atoms with Crippen LogP contribution in [-0.4, -0.2) is 9.55 Å². The molecule has 0 amide bonds. The summed E-state index contributed by atoms with van der Waals surface area (Å²) < 4.78 is 2.83. The lowest BCUT2D eigenvalue weighted by atomic mass is 10.6. The third-order valence-electron chi connectivity index (χ3n) is 1.10. The van der Waals surface area contributed by atoms with Gasteiger partial charge in [-0.15, -0.1) is 0 Å². The van der Waals surface area contributed by atoms with Crippen molar-refractivity contribution in [1.82, 2.24) is 9.55 Å². The van der Waals surface area contributed by atoms with Crippen molar-refractivity contribution in [3.8, 4) is 0 Å². The molecular formula is C6H6Br2N2. The summed E-state index contributed by atoms with van der Waals surface area (Å²) in [7, 11) is 1.95. The van der Waals surface area contributed by atoms with Crippen molar-refractivity contribution < 1.29 is 0 Å². The summed E-state index contributed by atoms with van der Waals surface area (Å²) >= 11 is 6.51. The highest BCUT2D eigenvalue weighted by Gasteiger charge is 1.93. The Balaban J connectivity index is 2.95. The van der Waals surface area contributed by atoms with E-state index in [0.717, 1.165) is 9.22 Å². The van der Waals surface area contributed by atoms with E-state index in [1.54, 1.807) is 6.20 Å². The molecule has 1 rings (SSSR count). The molecule has 1 aromatic heterocycles. The lowest BCUT2D eigenvalue weighted by Gasteiger charge is -1.92. The van der Waals surface area contributed by atoms with Crippen LogP contribution in [0.5, 0.6) is 0 Å². The van der Waals surface area contributed by atoms with Crippen molar-refractivity contribution in [2.75, 3.05) is 0 Å². The number of halogens is 2. The van der Waals surface area contributed by atoms with Crippen molar-refractivity contribution in [2.45, 2.75) is 0 Å². The standard InChI is InChI=1S/C6H6Br2N2/c1-10-3-2-9-6(10)4-5(7)8/h2-4H,1H3. The smallest absolute Gasteiger partial charge is 0.133 e. The molecule has 0 fully saturated rings. The van der Waals surface area contributed by atoms with Crippen molar-refractivity contribution in [3.63, 3.8) is 0 Å². The fourth-order valence-electron chi connectivity index (χ4n) is 0.614. The molecule has 1 aromatic rings.